The van der Waals surface area contributed by atoms with Crippen LogP contribution in [0.4, 0.5) is 22.0 Å². The molecule has 6 heteroatoms. The lowest BCUT2D eigenvalue weighted by Crippen LogP contribution is -2.24. The average Bonchev–Trinajstić information content (AvgIpc) is 2.59. The van der Waals surface area contributed by atoms with Gasteiger partial charge in [-0.15, -0.1) is 0 Å². The van der Waals surface area contributed by atoms with Crippen LogP contribution < -0.4 is 4.74 Å². The summed E-state index contributed by atoms with van der Waals surface area (Å²) in [5.41, 5.74) is -0.578. The lowest BCUT2D eigenvalue weighted by atomic mass is 9.79. The number of hydrogen-bond acceptors (Lipinski definition) is 1. The molecule has 1 nitrogen and oxygen atoms in total. The van der Waals surface area contributed by atoms with Gasteiger partial charge in [0.1, 0.15) is 23.2 Å². The molecular formula is C21H21F5O. The van der Waals surface area contributed by atoms with E-state index in [0.29, 0.717) is 23.6 Å². The van der Waals surface area contributed by atoms with Gasteiger partial charge in [-0.05, 0) is 49.3 Å². The van der Waals surface area contributed by atoms with Crippen LogP contribution in [-0.4, -0.2) is 0 Å². The Balaban J connectivity index is 1.82. The summed E-state index contributed by atoms with van der Waals surface area (Å²) in [6.45, 7) is 3.34. The van der Waals surface area contributed by atoms with Crippen molar-refractivity contribution in [3.63, 3.8) is 0 Å². The van der Waals surface area contributed by atoms with Crippen molar-refractivity contribution < 1.29 is 26.7 Å². The molecular weight excluding hydrogens is 363 g/mol. The lowest BCUT2D eigenvalue weighted by Gasteiger charge is -2.27. The van der Waals surface area contributed by atoms with Crippen molar-refractivity contribution >= 4 is 0 Å². The molecule has 2 aromatic carbocycles. The van der Waals surface area contributed by atoms with Gasteiger partial charge >= 0.3 is 6.11 Å². The van der Waals surface area contributed by atoms with Gasteiger partial charge in [-0.25, -0.2) is 13.2 Å². The molecule has 146 valence electrons. The average molecular weight is 384 g/mol. The number of ether oxygens (including phenoxy) is 1. The molecule has 0 bridgehead atoms. The Hall–Kier alpha value is -2.11. The first-order valence-corrected chi connectivity index (χ1v) is 8.99. The highest BCUT2D eigenvalue weighted by atomic mass is 19.3. The predicted octanol–water partition coefficient (Wildman–Crippen LogP) is 6.83. The molecule has 0 aliphatic heterocycles. The van der Waals surface area contributed by atoms with Crippen molar-refractivity contribution in [2.45, 2.75) is 51.6 Å². The lowest BCUT2D eigenvalue weighted by molar-refractivity contribution is -0.187. The summed E-state index contributed by atoms with van der Waals surface area (Å²) in [6, 6.07) is 4.89. The zero-order valence-corrected chi connectivity index (χ0v) is 15.2. The summed E-state index contributed by atoms with van der Waals surface area (Å²) < 4.78 is 74.7. The van der Waals surface area contributed by atoms with Crippen molar-refractivity contribution in [2.75, 3.05) is 0 Å². The monoisotopic (exact) mass is 384 g/mol. The molecule has 1 aliphatic rings. The summed E-state index contributed by atoms with van der Waals surface area (Å²) in [5.74, 6) is -3.04. The largest absolute Gasteiger partial charge is 0.429 e. The molecule has 0 heterocycles. The van der Waals surface area contributed by atoms with Gasteiger partial charge in [0.05, 0.1) is 5.56 Å². The first-order valence-electron chi connectivity index (χ1n) is 8.99. The number of hydrogen-bond donors (Lipinski definition) is 0. The Bertz CT molecular complexity index is 802. The number of alkyl halides is 2. The van der Waals surface area contributed by atoms with Crippen LogP contribution in [0.25, 0.3) is 0 Å². The first-order chi connectivity index (χ1) is 12.7. The molecule has 0 aromatic heterocycles. The second kappa shape index (κ2) is 7.49. The zero-order valence-electron chi connectivity index (χ0n) is 15.2. The first kappa shape index (κ1) is 19.6. The van der Waals surface area contributed by atoms with Crippen molar-refractivity contribution in [2.24, 2.45) is 5.92 Å². The topological polar surface area (TPSA) is 9.23 Å². The molecule has 1 aliphatic carbocycles. The quantitative estimate of drug-likeness (QED) is 0.525. The summed E-state index contributed by atoms with van der Waals surface area (Å²) in [6.07, 6.45) is -0.211. The Morgan fingerprint density at radius 2 is 1.48 bits per heavy atom. The maximum Gasteiger partial charge on any atom is 0.429 e. The molecule has 27 heavy (non-hydrogen) atoms. The van der Waals surface area contributed by atoms with E-state index in [0.717, 1.165) is 37.8 Å². The number of benzene rings is 2. The van der Waals surface area contributed by atoms with Crippen LogP contribution in [0, 0.1) is 30.3 Å². The van der Waals surface area contributed by atoms with Crippen LogP contribution in [0.5, 0.6) is 5.75 Å². The molecule has 0 amide bonds. The zero-order chi connectivity index (χ0) is 19.8. The molecule has 0 radical (unpaired) electrons. The highest BCUT2D eigenvalue weighted by Gasteiger charge is 2.38. The van der Waals surface area contributed by atoms with E-state index in [1.54, 1.807) is 0 Å². The Morgan fingerprint density at radius 3 is 2.04 bits per heavy atom. The van der Waals surface area contributed by atoms with Gasteiger partial charge in [-0.2, -0.15) is 8.78 Å². The van der Waals surface area contributed by atoms with Crippen LogP contribution in [0.1, 0.15) is 55.2 Å². The van der Waals surface area contributed by atoms with Gasteiger partial charge in [-0.1, -0.05) is 25.8 Å². The minimum Gasteiger partial charge on any atom is -0.429 e. The van der Waals surface area contributed by atoms with Gasteiger partial charge in [0.2, 0.25) is 0 Å². The predicted molar refractivity (Wildman–Crippen MR) is 92.4 cm³/mol. The Kier molecular flexibility index (Phi) is 5.45. The molecule has 3 rings (SSSR count). The highest BCUT2D eigenvalue weighted by Crippen LogP contribution is 2.39. The van der Waals surface area contributed by atoms with Crippen LogP contribution in [0.3, 0.4) is 0 Å². The fourth-order valence-corrected chi connectivity index (χ4v) is 3.50. The van der Waals surface area contributed by atoms with Crippen LogP contribution in [-0.2, 0) is 6.11 Å². The molecule has 1 fully saturated rings. The van der Waals surface area contributed by atoms with Crippen LogP contribution >= 0.6 is 0 Å². The van der Waals surface area contributed by atoms with Crippen molar-refractivity contribution in [1.82, 2.24) is 0 Å². The minimum absolute atomic E-state index is 0.152. The van der Waals surface area contributed by atoms with Crippen molar-refractivity contribution in [3.8, 4) is 5.75 Å². The maximum absolute atomic E-state index is 14.4. The van der Waals surface area contributed by atoms with Gasteiger partial charge in [-0.3, -0.25) is 0 Å². The third-order valence-corrected chi connectivity index (χ3v) is 5.29. The van der Waals surface area contributed by atoms with Gasteiger partial charge in [0, 0.05) is 17.7 Å². The van der Waals surface area contributed by atoms with Crippen molar-refractivity contribution in [1.29, 1.82) is 0 Å². The summed E-state index contributed by atoms with van der Waals surface area (Å²) in [5, 5.41) is 0. The van der Waals surface area contributed by atoms with E-state index in [4.69, 9.17) is 0 Å². The number of rotatable bonds is 4. The summed E-state index contributed by atoms with van der Waals surface area (Å²) in [4.78, 5) is 0. The normalized spacial score (nSPS) is 20.6. The summed E-state index contributed by atoms with van der Waals surface area (Å²) in [7, 11) is 0. The minimum atomic E-state index is -4.06. The van der Waals surface area contributed by atoms with E-state index in [2.05, 4.69) is 11.7 Å². The molecule has 1 saturated carbocycles. The van der Waals surface area contributed by atoms with E-state index < -0.39 is 34.9 Å². The van der Waals surface area contributed by atoms with Gasteiger partial charge < -0.3 is 4.74 Å². The van der Waals surface area contributed by atoms with E-state index in [-0.39, 0.29) is 11.5 Å². The van der Waals surface area contributed by atoms with E-state index in [1.807, 2.05) is 0 Å². The van der Waals surface area contributed by atoms with E-state index in [9.17, 15) is 22.0 Å². The third-order valence-electron chi connectivity index (χ3n) is 5.29. The smallest absolute Gasteiger partial charge is 0.429 e. The molecule has 2 aromatic rings. The second-order valence-corrected chi connectivity index (χ2v) is 7.33. The van der Waals surface area contributed by atoms with E-state index >= 15 is 0 Å². The Labute approximate surface area is 155 Å². The fraction of sp³-hybridized carbons (Fsp3) is 0.429. The third kappa shape index (κ3) is 4.25. The summed E-state index contributed by atoms with van der Waals surface area (Å²) >= 11 is 0. The van der Waals surface area contributed by atoms with Crippen molar-refractivity contribution in [3.05, 3.63) is 64.5 Å². The van der Waals surface area contributed by atoms with Crippen LogP contribution in [0.15, 0.2) is 30.3 Å². The van der Waals surface area contributed by atoms with Gasteiger partial charge in [0.15, 0.2) is 0 Å². The number of halogens is 5. The molecule has 0 spiro atoms. The highest BCUT2D eigenvalue weighted by molar-refractivity contribution is 5.33. The van der Waals surface area contributed by atoms with E-state index in [1.165, 1.54) is 13.0 Å². The van der Waals surface area contributed by atoms with Gasteiger partial charge in [0.25, 0.3) is 0 Å². The standard InChI is InChI=1S/C21H21F5O/c1-12-3-5-14(6-4-12)15-7-8-17(20(24)9-15)21(25,26)27-16-10-18(22)13(2)19(23)11-16/h7-12,14H,3-6H2,1-2H3. The molecule has 0 N–H and O–H groups in total. The van der Waals surface area contributed by atoms with Crippen LogP contribution in [0.2, 0.25) is 0 Å². The molecule has 0 unspecified atom stereocenters. The molecule has 0 atom stereocenters. The Morgan fingerprint density at radius 1 is 0.889 bits per heavy atom. The maximum atomic E-state index is 14.4. The second-order valence-electron chi connectivity index (χ2n) is 7.33. The molecule has 0 saturated heterocycles. The fourth-order valence-electron chi connectivity index (χ4n) is 3.50. The SMILES string of the molecule is Cc1c(F)cc(OC(F)(F)c2ccc(C3CCC(C)CC3)cc2F)cc1F.